The van der Waals surface area contributed by atoms with Crippen LogP contribution in [0.3, 0.4) is 0 Å². The SMILES string of the molecule is CN(CCCc1nc2ccccc2[nH]1)C(=O)CCC1CCCO1. The average molecular weight is 315 g/mol. The molecule has 1 atom stereocenters. The van der Waals surface area contributed by atoms with Crippen molar-refractivity contribution in [3.05, 3.63) is 30.1 Å². The lowest BCUT2D eigenvalue weighted by Gasteiger charge is -2.18. The third-order valence-electron chi connectivity index (χ3n) is 4.48. The number of hydrogen-bond acceptors (Lipinski definition) is 3. The minimum atomic E-state index is 0.213. The molecule has 1 aromatic heterocycles. The molecule has 0 spiro atoms. The van der Waals surface area contributed by atoms with Crippen LogP contribution in [-0.4, -0.2) is 47.1 Å². The number of ether oxygens (including phenoxy) is 1. The Morgan fingerprint density at radius 1 is 1.43 bits per heavy atom. The second kappa shape index (κ2) is 7.59. The zero-order valence-electron chi connectivity index (χ0n) is 13.8. The van der Waals surface area contributed by atoms with E-state index in [4.69, 9.17) is 4.74 Å². The third kappa shape index (κ3) is 4.32. The van der Waals surface area contributed by atoms with Gasteiger partial charge in [-0.25, -0.2) is 4.98 Å². The fraction of sp³-hybridized carbons (Fsp3) is 0.556. The van der Waals surface area contributed by atoms with Gasteiger partial charge in [-0.1, -0.05) is 12.1 Å². The van der Waals surface area contributed by atoms with Crippen molar-refractivity contribution < 1.29 is 9.53 Å². The predicted octanol–water partition coefficient (Wildman–Crippen LogP) is 2.91. The van der Waals surface area contributed by atoms with Crippen LogP contribution >= 0.6 is 0 Å². The van der Waals surface area contributed by atoms with Crippen molar-refractivity contribution in [2.75, 3.05) is 20.2 Å². The number of hydrogen-bond donors (Lipinski definition) is 1. The Morgan fingerprint density at radius 3 is 3.09 bits per heavy atom. The Hall–Kier alpha value is -1.88. The van der Waals surface area contributed by atoms with Crippen molar-refractivity contribution in [3.63, 3.8) is 0 Å². The molecule has 0 bridgehead atoms. The Labute approximate surface area is 137 Å². The summed E-state index contributed by atoms with van der Waals surface area (Å²) >= 11 is 0. The van der Waals surface area contributed by atoms with E-state index in [-0.39, 0.29) is 5.91 Å². The highest BCUT2D eigenvalue weighted by atomic mass is 16.5. The van der Waals surface area contributed by atoms with Crippen LogP contribution in [0.1, 0.15) is 37.9 Å². The smallest absolute Gasteiger partial charge is 0.222 e. The van der Waals surface area contributed by atoms with Gasteiger partial charge in [0, 0.05) is 33.0 Å². The van der Waals surface area contributed by atoms with Gasteiger partial charge in [0.05, 0.1) is 17.1 Å². The van der Waals surface area contributed by atoms with E-state index >= 15 is 0 Å². The molecule has 3 rings (SSSR count). The zero-order valence-corrected chi connectivity index (χ0v) is 13.8. The van der Waals surface area contributed by atoms with Gasteiger partial charge in [-0.05, 0) is 37.8 Å². The van der Waals surface area contributed by atoms with Crippen molar-refractivity contribution in [3.8, 4) is 0 Å². The summed E-state index contributed by atoms with van der Waals surface area (Å²) in [6, 6.07) is 8.04. The van der Waals surface area contributed by atoms with Gasteiger partial charge in [0.2, 0.25) is 5.91 Å². The lowest BCUT2D eigenvalue weighted by atomic mass is 10.1. The first-order valence-corrected chi connectivity index (χ1v) is 8.51. The summed E-state index contributed by atoms with van der Waals surface area (Å²) in [5.41, 5.74) is 2.08. The standard InChI is InChI=1S/C18H25N3O2/c1-21(18(22)11-10-14-6-5-13-23-14)12-4-9-17-19-15-7-2-3-8-16(15)20-17/h2-3,7-8,14H,4-6,9-13H2,1H3,(H,19,20). The van der Waals surface area contributed by atoms with Crippen molar-refractivity contribution in [1.82, 2.24) is 14.9 Å². The van der Waals surface area contributed by atoms with Gasteiger partial charge >= 0.3 is 0 Å². The summed E-state index contributed by atoms with van der Waals surface area (Å²) in [6.07, 6.45) is 5.75. The van der Waals surface area contributed by atoms with E-state index in [1.807, 2.05) is 36.2 Å². The normalized spacial score (nSPS) is 17.7. The van der Waals surface area contributed by atoms with E-state index in [0.29, 0.717) is 12.5 Å². The van der Waals surface area contributed by atoms with Gasteiger partial charge in [0.15, 0.2) is 0 Å². The molecule has 1 unspecified atom stereocenters. The largest absolute Gasteiger partial charge is 0.378 e. The number of para-hydroxylation sites is 2. The van der Waals surface area contributed by atoms with Gasteiger partial charge < -0.3 is 14.6 Å². The lowest BCUT2D eigenvalue weighted by Crippen LogP contribution is -2.28. The van der Waals surface area contributed by atoms with E-state index in [1.54, 1.807) is 0 Å². The number of fused-ring (bicyclic) bond motifs is 1. The minimum absolute atomic E-state index is 0.213. The highest BCUT2D eigenvalue weighted by molar-refractivity contribution is 5.76. The molecular weight excluding hydrogens is 290 g/mol. The summed E-state index contributed by atoms with van der Waals surface area (Å²) in [4.78, 5) is 21.9. The highest BCUT2D eigenvalue weighted by Crippen LogP contribution is 2.17. The topological polar surface area (TPSA) is 58.2 Å². The number of nitrogens with one attached hydrogen (secondary N) is 1. The van der Waals surface area contributed by atoms with Gasteiger partial charge in [-0.15, -0.1) is 0 Å². The molecule has 124 valence electrons. The molecule has 23 heavy (non-hydrogen) atoms. The van der Waals surface area contributed by atoms with Crippen LogP contribution in [0.25, 0.3) is 11.0 Å². The summed E-state index contributed by atoms with van der Waals surface area (Å²) in [6.45, 7) is 1.62. The van der Waals surface area contributed by atoms with Gasteiger partial charge in [-0.3, -0.25) is 4.79 Å². The Balaban J connectivity index is 1.39. The van der Waals surface area contributed by atoms with E-state index < -0.39 is 0 Å². The maximum Gasteiger partial charge on any atom is 0.222 e. The first-order valence-electron chi connectivity index (χ1n) is 8.51. The molecule has 1 N–H and O–H groups in total. The molecule has 1 aliphatic rings. The molecule has 2 aromatic rings. The summed E-state index contributed by atoms with van der Waals surface area (Å²) in [5, 5.41) is 0. The molecule has 5 heteroatoms. The second-order valence-electron chi connectivity index (χ2n) is 6.29. The first-order chi connectivity index (χ1) is 11.2. The molecule has 1 saturated heterocycles. The molecular formula is C18H25N3O2. The average Bonchev–Trinajstić information content (AvgIpc) is 3.21. The number of imidazole rings is 1. The number of rotatable bonds is 7. The monoisotopic (exact) mass is 315 g/mol. The van der Waals surface area contributed by atoms with E-state index in [9.17, 15) is 4.79 Å². The van der Waals surface area contributed by atoms with Crippen molar-refractivity contribution in [1.29, 1.82) is 0 Å². The maximum atomic E-state index is 12.1. The van der Waals surface area contributed by atoms with Crippen LogP contribution in [0, 0.1) is 0 Å². The van der Waals surface area contributed by atoms with Crippen LogP contribution in [0.4, 0.5) is 0 Å². The van der Waals surface area contributed by atoms with Crippen LogP contribution in [0.2, 0.25) is 0 Å². The molecule has 2 heterocycles. The minimum Gasteiger partial charge on any atom is -0.378 e. The number of amides is 1. The number of benzene rings is 1. The fourth-order valence-electron chi connectivity index (χ4n) is 3.08. The quantitative estimate of drug-likeness (QED) is 0.854. The van der Waals surface area contributed by atoms with Gasteiger partial charge in [-0.2, -0.15) is 0 Å². The van der Waals surface area contributed by atoms with E-state index in [0.717, 1.165) is 62.1 Å². The lowest BCUT2D eigenvalue weighted by molar-refractivity contribution is -0.130. The highest BCUT2D eigenvalue weighted by Gasteiger charge is 2.18. The molecule has 1 fully saturated rings. The van der Waals surface area contributed by atoms with E-state index in [2.05, 4.69) is 9.97 Å². The van der Waals surface area contributed by atoms with Crippen LogP contribution in [-0.2, 0) is 16.0 Å². The number of H-pyrrole nitrogens is 1. The van der Waals surface area contributed by atoms with Gasteiger partial charge in [0.1, 0.15) is 5.82 Å². The first kappa shape index (κ1) is 16.0. The molecule has 1 amide bonds. The Kier molecular flexibility index (Phi) is 5.28. The Morgan fingerprint density at radius 2 is 2.30 bits per heavy atom. The second-order valence-corrected chi connectivity index (χ2v) is 6.29. The number of carbonyl (C=O) groups excluding carboxylic acids is 1. The van der Waals surface area contributed by atoms with Crippen LogP contribution in [0.15, 0.2) is 24.3 Å². The summed E-state index contributed by atoms with van der Waals surface area (Å²) in [5.74, 6) is 1.21. The molecule has 0 radical (unpaired) electrons. The van der Waals surface area contributed by atoms with Crippen LogP contribution < -0.4 is 0 Å². The maximum absolute atomic E-state index is 12.1. The number of nitrogens with zero attached hydrogens (tertiary/aromatic N) is 2. The number of aromatic nitrogens is 2. The van der Waals surface area contributed by atoms with Crippen molar-refractivity contribution in [2.24, 2.45) is 0 Å². The third-order valence-corrected chi connectivity index (χ3v) is 4.48. The molecule has 0 aliphatic carbocycles. The number of carbonyl (C=O) groups is 1. The molecule has 1 aromatic carbocycles. The van der Waals surface area contributed by atoms with E-state index in [1.165, 1.54) is 0 Å². The fourth-order valence-corrected chi connectivity index (χ4v) is 3.08. The van der Waals surface area contributed by atoms with Gasteiger partial charge in [0.25, 0.3) is 0 Å². The molecule has 5 nitrogen and oxygen atoms in total. The molecule has 1 aliphatic heterocycles. The Bertz CT molecular complexity index is 614. The summed E-state index contributed by atoms with van der Waals surface area (Å²) < 4.78 is 5.57. The van der Waals surface area contributed by atoms with Crippen LogP contribution in [0.5, 0.6) is 0 Å². The predicted molar refractivity (Wildman–Crippen MR) is 90.3 cm³/mol. The summed E-state index contributed by atoms with van der Waals surface area (Å²) in [7, 11) is 1.89. The molecule has 0 saturated carbocycles. The zero-order chi connectivity index (χ0) is 16.1. The van der Waals surface area contributed by atoms with Crippen molar-refractivity contribution in [2.45, 2.75) is 44.6 Å². The van der Waals surface area contributed by atoms with Crippen molar-refractivity contribution >= 4 is 16.9 Å². The number of aromatic amines is 1. The number of aryl methyl sites for hydroxylation is 1.